The van der Waals surface area contributed by atoms with E-state index in [2.05, 4.69) is 31.9 Å². The molecule has 13 atom stereocenters. The smallest absolute Gasteiger partial charge is 0.330 e. The minimum Gasteiger partial charge on any atom is -0.508 e. The fraction of sp³-hybridized carbons (Fsp3) is 0.258. The van der Waals surface area contributed by atoms with Crippen molar-refractivity contribution in [3.8, 4) is 80.1 Å². The van der Waals surface area contributed by atoms with Crippen LogP contribution in [0.1, 0.15) is 82.2 Å². The van der Waals surface area contributed by atoms with E-state index in [1.165, 1.54) is 48.5 Å². The van der Waals surface area contributed by atoms with Gasteiger partial charge in [0.1, 0.15) is 101 Å². The number of benzene rings is 7. The van der Waals surface area contributed by atoms with E-state index in [1.807, 2.05) is 0 Å². The van der Waals surface area contributed by atoms with E-state index >= 15 is 19.2 Å². The minimum atomic E-state index is -2.36. The lowest BCUT2D eigenvalue weighted by Crippen LogP contribution is -2.65. The van der Waals surface area contributed by atoms with Crippen molar-refractivity contribution in [2.45, 2.75) is 92.4 Å². The van der Waals surface area contributed by atoms with Gasteiger partial charge in [-0.05, 0) is 119 Å². The number of aliphatic carboxylic acids is 1. The minimum absolute atomic E-state index is 0.0598. The summed E-state index contributed by atoms with van der Waals surface area (Å²) in [5.74, 6) is -15.5. The molecule has 6 heterocycles. The first kappa shape index (κ1) is 69.6. The molecule has 6 aliphatic rings. The summed E-state index contributed by atoms with van der Waals surface area (Å²) < 4.78 is 31.0. The van der Waals surface area contributed by atoms with Gasteiger partial charge in [0.15, 0.2) is 35.3 Å². The van der Waals surface area contributed by atoms with Crippen molar-refractivity contribution in [2.75, 3.05) is 13.2 Å². The van der Waals surface area contributed by atoms with Crippen molar-refractivity contribution in [2.24, 2.45) is 11.5 Å². The molecule has 7 aromatic rings. The number of fused-ring (bicyclic) bond motifs is 15. The Morgan fingerprint density at radius 3 is 1.85 bits per heavy atom. The van der Waals surface area contributed by atoms with Gasteiger partial charge in [0, 0.05) is 35.7 Å². The molecule has 21 N–H and O–H groups in total. The van der Waals surface area contributed by atoms with Gasteiger partial charge in [0.05, 0.1) is 29.3 Å². The number of carbonyl (C=O) groups excluding carboxylic acids is 6. The van der Waals surface area contributed by atoms with Crippen LogP contribution in [0.2, 0.25) is 10.0 Å². The molecule has 6 amide bonds. The summed E-state index contributed by atoms with van der Waals surface area (Å²) >= 11 is 14.0. The lowest BCUT2D eigenvalue weighted by molar-refractivity contribution is -0.284. The number of aliphatic hydroxyl groups is 4. The Labute approximate surface area is 569 Å². The molecule has 7 aromatic carbocycles. The van der Waals surface area contributed by atoms with Crippen LogP contribution in [0, 0.1) is 0 Å². The lowest BCUT2D eigenvalue weighted by Gasteiger charge is -2.44. The molecule has 99 heavy (non-hydrogen) atoms. The molecular weight excluding hydrogens is 1340 g/mol. The number of halogens is 2. The number of aromatic hydroxyl groups is 6. The van der Waals surface area contributed by atoms with Crippen LogP contribution >= 0.6 is 23.2 Å². The molecule has 1 saturated heterocycles. The van der Waals surface area contributed by atoms with Gasteiger partial charge < -0.3 is 123 Å². The van der Waals surface area contributed by atoms with Gasteiger partial charge in [-0.15, -0.1) is 0 Å². The second kappa shape index (κ2) is 28.4. The van der Waals surface area contributed by atoms with Gasteiger partial charge in [-0.3, -0.25) is 28.8 Å². The zero-order chi connectivity index (χ0) is 71.2. The summed E-state index contributed by atoms with van der Waals surface area (Å²) in [6.07, 6.45) is -9.84. The topological polar surface area (TPSA) is 512 Å². The number of rotatable bonds is 6. The second-order valence-corrected chi connectivity index (χ2v) is 24.3. The molecule has 0 aliphatic carbocycles. The number of amides is 6. The van der Waals surface area contributed by atoms with Crippen LogP contribution in [0.25, 0.3) is 11.1 Å². The lowest BCUT2D eigenvalue weighted by atomic mass is 9.89. The summed E-state index contributed by atoms with van der Waals surface area (Å²) in [5.41, 5.74) is 10.8. The van der Waals surface area contributed by atoms with Gasteiger partial charge in [-0.1, -0.05) is 47.5 Å². The highest BCUT2D eigenvalue weighted by molar-refractivity contribution is 6.32. The van der Waals surface area contributed by atoms with Gasteiger partial charge in [-0.25, -0.2) is 4.79 Å². The van der Waals surface area contributed by atoms with Crippen LogP contribution in [-0.2, 0) is 49.5 Å². The number of carboxylic acids is 1. The number of phenolic OH excluding ortho intramolecular Hbond substituents is 6. The van der Waals surface area contributed by atoms with Gasteiger partial charge in [-0.2, -0.15) is 0 Å². The number of hydrogen-bond acceptors (Lipinski definition) is 24. The fourth-order valence-corrected chi connectivity index (χ4v) is 12.2. The van der Waals surface area contributed by atoms with Crippen molar-refractivity contribution in [3.05, 3.63) is 164 Å². The molecule has 33 heteroatoms. The number of nitrogens with one attached hydrogen (secondary N) is 6. The Balaban J connectivity index is 1.14. The first-order chi connectivity index (χ1) is 47.1. The van der Waals surface area contributed by atoms with Crippen LogP contribution in [0.5, 0.6) is 69.0 Å². The third-order valence-electron chi connectivity index (χ3n) is 16.7. The van der Waals surface area contributed by atoms with E-state index in [0.717, 1.165) is 73.7 Å². The highest BCUT2D eigenvalue weighted by atomic mass is 35.5. The van der Waals surface area contributed by atoms with E-state index in [0.29, 0.717) is 5.56 Å². The summed E-state index contributed by atoms with van der Waals surface area (Å²) in [6.45, 7) is -0.573. The van der Waals surface area contributed by atoms with Crippen molar-refractivity contribution >= 4 is 64.6 Å². The molecule has 15 bridgehead atoms. The molecule has 13 rings (SSSR count). The summed E-state index contributed by atoms with van der Waals surface area (Å²) in [4.78, 5) is 102. The third kappa shape index (κ3) is 14.5. The Kier molecular flexibility index (Phi) is 20.0. The normalized spacial score (nSPS) is 24.9. The van der Waals surface area contributed by atoms with Crippen LogP contribution in [-0.4, -0.2) is 154 Å². The van der Waals surface area contributed by atoms with Crippen molar-refractivity contribution < 1.29 is 113 Å². The Bertz CT molecular complexity index is 4410. The quantitative estimate of drug-likeness (QED) is 0.114. The highest BCUT2D eigenvalue weighted by Gasteiger charge is 2.49. The van der Waals surface area contributed by atoms with Crippen LogP contribution in [0.3, 0.4) is 0 Å². The number of carboxylic acid groups (broad SMARTS) is 1. The molecular formula is C66H62Cl2N8O23. The molecule has 6 aliphatic heterocycles. The summed E-state index contributed by atoms with van der Waals surface area (Å²) in [5, 5.41) is 137. The fourth-order valence-electron chi connectivity index (χ4n) is 11.8. The van der Waals surface area contributed by atoms with Gasteiger partial charge >= 0.3 is 5.97 Å². The predicted octanol–water partition coefficient (Wildman–Crippen LogP) is 2.77. The zero-order valence-electron chi connectivity index (χ0n) is 51.3. The number of nitrogens with two attached hydrogens (primary N) is 2. The summed E-state index contributed by atoms with van der Waals surface area (Å²) in [6, 6.07) is 6.27. The van der Waals surface area contributed by atoms with E-state index in [-0.39, 0.29) is 62.3 Å². The van der Waals surface area contributed by atoms with Crippen molar-refractivity contribution in [1.29, 1.82) is 0 Å². The van der Waals surface area contributed by atoms with E-state index in [1.54, 1.807) is 0 Å². The number of carbonyl (C=O) groups is 7. The molecule has 0 spiro atoms. The summed E-state index contributed by atoms with van der Waals surface area (Å²) in [7, 11) is 0. The maximum atomic E-state index is 15.9. The van der Waals surface area contributed by atoms with E-state index in [9.17, 15) is 70.6 Å². The molecule has 518 valence electrons. The maximum Gasteiger partial charge on any atom is 0.330 e. The van der Waals surface area contributed by atoms with E-state index in [4.69, 9.17) is 58.4 Å². The SMILES string of the molecule is CC(=O)NC1C(OC2c3ccc(c(Cl)c3)Oc3cc4cc(c3O)Oc3ccc(cc3Cl)CC(CO)NC(=O)C(N)c3ccc(O)c(c3)Oc3cc(O)cc(c3)C(N)C(=O)NC4C(=O)NC3C(=O)NC2C(=O)NC(C(=O)O)c2cc(O)cc(O)c2-c2cc3ccc2O)OC(CO)C(O)C1O. The Morgan fingerprint density at radius 1 is 0.576 bits per heavy atom. The molecule has 1 fully saturated rings. The zero-order valence-corrected chi connectivity index (χ0v) is 52.8. The van der Waals surface area contributed by atoms with Crippen LogP contribution in [0.4, 0.5) is 0 Å². The third-order valence-corrected chi connectivity index (χ3v) is 17.3. The number of ether oxygens (including phenoxy) is 5. The predicted molar refractivity (Wildman–Crippen MR) is 342 cm³/mol. The Hall–Kier alpha value is -10.7. The molecule has 13 unspecified atom stereocenters. The second-order valence-electron chi connectivity index (χ2n) is 23.5. The maximum absolute atomic E-state index is 15.9. The standard InChI is InChI=1S/C66H62Cl2N8O23/c1-24(79)71-54-58(87)57(86)47(23-78)98-66(54)99-59-28-5-9-43(38(68)15-28)97-46-18-30-17-45(56(46)85)96-42-8-2-25(11-37(42)67)10-31(22-77)72-60(88)49(69)26-3-7-40(83)44(16-26)95-34-13-29(12-32(80)19-34)50(70)61(89)73-52(30)63(91)74-51-27-4-6-39(82)35(14-27)48-36(20-33(81)21-41(48)84)53(65(93)94)75-64(92)55(59)76-62(51)90/h2-9,11-21,31,47,49-55,57-59,66,77-78,80-87H,10,22-23,69-70H2,1H3,(H,71,79)(H,72,88)(H,73,89)(H,74,91)(H,75,92)(H,76,90)(H,93,94). The van der Waals surface area contributed by atoms with Gasteiger partial charge in [0.25, 0.3) is 0 Å². The largest absolute Gasteiger partial charge is 0.508 e. The first-order valence-corrected chi connectivity index (χ1v) is 30.8. The molecule has 0 radical (unpaired) electrons. The average Bonchev–Trinajstić information content (AvgIpc) is 0.766. The van der Waals surface area contributed by atoms with Crippen LogP contribution < -0.4 is 57.6 Å². The van der Waals surface area contributed by atoms with Crippen molar-refractivity contribution in [1.82, 2.24) is 31.9 Å². The monoisotopic (exact) mass is 1400 g/mol. The number of aliphatic hydroxyl groups excluding tert-OH is 4. The van der Waals surface area contributed by atoms with Crippen molar-refractivity contribution in [3.63, 3.8) is 0 Å². The molecule has 31 nitrogen and oxygen atoms in total. The van der Waals surface area contributed by atoms with Crippen LogP contribution in [0.15, 0.2) is 115 Å². The first-order valence-electron chi connectivity index (χ1n) is 30.0. The molecule has 0 saturated carbocycles. The molecule has 0 aromatic heterocycles. The Morgan fingerprint density at radius 2 is 1.18 bits per heavy atom. The van der Waals surface area contributed by atoms with Gasteiger partial charge in [0.2, 0.25) is 41.2 Å². The number of phenols is 6. The van der Waals surface area contributed by atoms with E-state index < -0.39 is 201 Å². The average molecular weight is 1410 g/mol. The number of hydrogen-bond donors (Lipinski definition) is 19. The highest BCUT2D eigenvalue weighted by Crippen LogP contribution is 2.48.